The fourth-order valence-electron chi connectivity index (χ4n) is 2.69. The van der Waals surface area contributed by atoms with Crippen molar-refractivity contribution in [2.24, 2.45) is 0 Å². The second kappa shape index (κ2) is 7.18. The Bertz CT molecular complexity index is 996. The minimum absolute atomic E-state index is 0.00763. The number of nitrogens with one attached hydrogen (secondary N) is 1. The van der Waals surface area contributed by atoms with Crippen molar-refractivity contribution in [3.05, 3.63) is 59.4 Å². The summed E-state index contributed by atoms with van der Waals surface area (Å²) >= 11 is 0. The molecule has 0 spiro atoms. The van der Waals surface area contributed by atoms with Gasteiger partial charge in [-0.3, -0.25) is 4.79 Å². The number of rotatable bonds is 4. The molecule has 1 heterocycles. The van der Waals surface area contributed by atoms with Crippen LogP contribution in [0.15, 0.2) is 42.6 Å². The number of aromatic nitrogens is 2. The first-order valence-electron chi connectivity index (χ1n) is 7.84. The minimum Gasteiger partial charge on any atom is -0.480 e. The number of nitrogens with zero attached hydrogens (tertiary/aromatic N) is 2. The number of hydrogen-bond acceptors (Lipinski definition) is 6. The molecular formula is C19H17N3O4. The predicted molar refractivity (Wildman–Crippen MR) is 96.6 cm³/mol. The Morgan fingerprint density at radius 1 is 1.08 bits per heavy atom. The second-order valence-electron chi connectivity index (χ2n) is 5.53. The van der Waals surface area contributed by atoms with E-state index in [2.05, 4.69) is 15.3 Å². The van der Waals surface area contributed by atoms with E-state index in [1.54, 1.807) is 12.1 Å². The average molecular weight is 351 g/mol. The van der Waals surface area contributed by atoms with Gasteiger partial charge >= 0.3 is 5.97 Å². The van der Waals surface area contributed by atoms with Crippen molar-refractivity contribution < 1.29 is 19.1 Å². The Kier molecular flexibility index (Phi) is 4.79. The van der Waals surface area contributed by atoms with Crippen LogP contribution in [0.3, 0.4) is 0 Å². The summed E-state index contributed by atoms with van der Waals surface area (Å²) in [5.74, 6) is -0.965. The Morgan fingerprint density at radius 2 is 1.81 bits per heavy atom. The van der Waals surface area contributed by atoms with Crippen molar-refractivity contribution in [2.75, 3.05) is 19.5 Å². The van der Waals surface area contributed by atoms with Gasteiger partial charge in [-0.2, -0.15) is 0 Å². The quantitative estimate of drug-likeness (QED) is 0.727. The summed E-state index contributed by atoms with van der Waals surface area (Å²) in [6.45, 7) is 1.94. The molecule has 7 heteroatoms. The smallest absolute Gasteiger partial charge is 0.360 e. The fraction of sp³-hybridized carbons (Fsp3) is 0.158. The molecule has 3 aromatic rings. The number of methoxy groups -OCH3 is 2. The van der Waals surface area contributed by atoms with Gasteiger partial charge in [0.1, 0.15) is 0 Å². The number of hydrogen-bond donors (Lipinski definition) is 1. The van der Waals surface area contributed by atoms with Crippen LogP contribution < -0.4 is 10.1 Å². The summed E-state index contributed by atoms with van der Waals surface area (Å²) in [4.78, 5) is 32.9. The Hall–Kier alpha value is -3.48. The van der Waals surface area contributed by atoms with Crippen molar-refractivity contribution in [3.8, 4) is 5.88 Å². The Morgan fingerprint density at radius 3 is 2.50 bits per heavy atom. The van der Waals surface area contributed by atoms with E-state index in [-0.39, 0.29) is 17.4 Å². The molecule has 0 atom stereocenters. The number of anilines is 1. The summed E-state index contributed by atoms with van der Waals surface area (Å²) < 4.78 is 9.68. The largest absolute Gasteiger partial charge is 0.480 e. The summed E-state index contributed by atoms with van der Waals surface area (Å²) in [6.07, 6.45) is 1.32. The normalized spacial score (nSPS) is 10.4. The van der Waals surface area contributed by atoms with Crippen LogP contribution >= 0.6 is 0 Å². The van der Waals surface area contributed by atoms with Crippen LogP contribution in [0, 0.1) is 6.92 Å². The zero-order chi connectivity index (χ0) is 18.7. The molecule has 0 saturated carbocycles. The molecular weight excluding hydrogens is 334 g/mol. The van der Waals surface area contributed by atoms with Crippen LogP contribution in [0.2, 0.25) is 0 Å². The summed E-state index contributed by atoms with van der Waals surface area (Å²) in [7, 11) is 2.63. The molecule has 0 aliphatic carbocycles. The zero-order valence-corrected chi connectivity index (χ0v) is 14.6. The number of amides is 1. The molecule has 3 rings (SSSR count). The van der Waals surface area contributed by atoms with E-state index in [0.717, 1.165) is 16.3 Å². The van der Waals surface area contributed by atoms with Crippen LogP contribution in [0.5, 0.6) is 5.88 Å². The maximum Gasteiger partial charge on any atom is 0.360 e. The lowest BCUT2D eigenvalue weighted by Gasteiger charge is -2.12. The first kappa shape index (κ1) is 17.3. The van der Waals surface area contributed by atoms with Crippen LogP contribution in [0.4, 0.5) is 5.82 Å². The number of carbonyl (C=O) groups excluding carboxylic acids is 2. The fourth-order valence-corrected chi connectivity index (χ4v) is 2.69. The van der Waals surface area contributed by atoms with Gasteiger partial charge in [0.05, 0.1) is 20.4 Å². The van der Waals surface area contributed by atoms with Gasteiger partial charge < -0.3 is 14.8 Å². The standard InChI is InChI=1S/C19H17N3O4/c1-11-6-4-7-12-8-5-9-13(15(11)12)18(23)22-17-16(19(24)26-3)21-14(25-2)10-20-17/h4-10H,1-3H3,(H,20,22,23). The highest BCUT2D eigenvalue weighted by Crippen LogP contribution is 2.24. The van der Waals surface area contributed by atoms with Gasteiger partial charge in [0.15, 0.2) is 11.5 Å². The summed E-state index contributed by atoms with van der Waals surface area (Å²) in [5.41, 5.74) is 1.33. The molecule has 0 saturated heterocycles. The number of fused-ring (bicyclic) bond motifs is 1. The number of esters is 1. The lowest BCUT2D eigenvalue weighted by Crippen LogP contribution is -2.18. The van der Waals surface area contributed by atoms with Crippen molar-refractivity contribution in [2.45, 2.75) is 6.92 Å². The van der Waals surface area contributed by atoms with Crippen molar-refractivity contribution in [1.29, 1.82) is 0 Å². The van der Waals surface area contributed by atoms with Crippen molar-refractivity contribution in [1.82, 2.24) is 9.97 Å². The van der Waals surface area contributed by atoms with Crippen molar-refractivity contribution >= 4 is 28.5 Å². The van der Waals surface area contributed by atoms with E-state index in [1.165, 1.54) is 20.4 Å². The third-order valence-electron chi connectivity index (χ3n) is 3.93. The van der Waals surface area contributed by atoms with Crippen molar-refractivity contribution in [3.63, 3.8) is 0 Å². The number of benzene rings is 2. The van der Waals surface area contributed by atoms with Crippen LogP contribution in [0.1, 0.15) is 26.4 Å². The lowest BCUT2D eigenvalue weighted by molar-refractivity contribution is 0.0594. The van der Waals surface area contributed by atoms with E-state index in [9.17, 15) is 9.59 Å². The number of aryl methyl sites for hydroxylation is 1. The zero-order valence-electron chi connectivity index (χ0n) is 14.6. The third-order valence-corrected chi connectivity index (χ3v) is 3.93. The lowest BCUT2D eigenvalue weighted by atomic mass is 9.99. The van der Waals surface area contributed by atoms with E-state index >= 15 is 0 Å². The molecule has 0 unspecified atom stereocenters. The van der Waals surface area contributed by atoms with Gasteiger partial charge in [-0.25, -0.2) is 14.8 Å². The molecule has 26 heavy (non-hydrogen) atoms. The summed E-state index contributed by atoms with van der Waals surface area (Å²) in [5, 5.41) is 4.44. The van der Waals surface area contributed by atoms with E-state index in [4.69, 9.17) is 9.47 Å². The highest BCUT2D eigenvalue weighted by molar-refractivity contribution is 6.14. The number of carbonyl (C=O) groups is 2. The first-order chi connectivity index (χ1) is 12.5. The second-order valence-corrected chi connectivity index (χ2v) is 5.53. The maximum absolute atomic E-state index is 12.8. The third kappa shape index (κ3) is 3.19. The summed E-state index contributed by atoms with van der Waals surface area (Å²) in [6, 6.07) is 11.3. The monoisotopic (exact) mass is 351 g/mol. The van der Waals surface area contributed by atoms with Crippen LogP contribution in [-0.4, -0.2) is 36.1 Å². The van der Waals surface area contributed by atoms with E-state index in [0.29, 0.717) is 5.56 Å². The molecule has 1 amide bonds. The molecule has 1 aromatic heterocycles. The first-order valence-corrected chi connectivity index (χ1v) is 7.84. The highest BCUT2D eigenvalue weighted by atomic mass is 16.5. The van der Waals surface area contributed by atoms with Gasteiger partial charge in [-0.15, -0.1) is 0 Å². The van der Waals surface area contributed by atoms with Gasteiger partial charge in [-0.1, -0.05) is 30.3 Å². The molecule has 0 aliphatic rings. The molecule has 0 radical (unpaired) electrons. The molecule has 1 N–H and O–H groups in total. The molecule has 132 valence electrons. The molecule has 0 bridgehead atoms. The molecule has 0 fully saturated rings. The van der Waals surface area contributed by atoms with Gasteiger partial charge in [-0.05, 0) is 29.3 Å². The van der Waals surface area contributed by atoms with Gasteiger partial charge in [0.2, 0.25) is 5.88 Å². The van der Waals surface area contributed by atoms with Gasteiger partial charge in [0, 0.05) is 5.56 Å². The highest BCUT2D eigenvalue weighted by Gasteiger charge is 2.20. The average Bonchev–Trinajstić information content (AvgIpc) is 2.67. The SMILES string of the molecule is COC(=O)c1nc(OC)cnc1NC(=O)c1cccc2cccc(C)c12. The molecule has 2 aromatic carbocycles. The number of ether oxygens (including phenoxy) is 2. The molecule has 7 nitrogen and oxygen atoms in total. The minimum atomic E-state index is -0.721. The van der Waals surface area contributed by atoms with E-state index in [1.807, 2.05) is 31.2 Å². The Labute approximate surface area is 150 Å². The Balaban J connectivity index is 2.03. The maximum atomic E-state index is 12.8. The van der Waals surface area contributed by atoms with E-state index < -0.39 is 11.9 Å². The van der Waals surface area contributed by atoms with Crippen LogP contribution in [0.25, 0.3) is 10.8 Å². The topological polar surface area (TPSA) is 90.4 Å². The van der Waals surface area contributed by atoms with Gasteiger partial charge in [0.25, 0.3) is 5.91 Å². The van der Waals surface area contributed by atoms with Crippen LogP contribution in [-0.2, 0) is 4.74 Å². The molecule has 0 aliphatic heterocycles. The predicted octanol–water partition coefficient (Wildman–Crippen LogP) is 2.99.